The quantitative estimate of drug-likeness (QED) is 0.349. The lowest BCUT2D eigenvalue weighted by atomic mass is 9.87. The number of benzene rings is 1. The van der Waals surface area contributed by atoms with E-state index in [1.807, 2.05) is 18.3 Å². The van der Waals surface area contributed by atoms with E-state index in [-0.39, 0.29) is 11.5 Å². The number of hydrogen-bond acceptors (Lipinski definition) is 8. The van der Waals surface area contributed by atoms with Gasteiger partial charge in [0, 0.05) is 35.0 Å². The van der Waals surface area contributed by atoms with E-state index in [2.05, 4.69) is 75.0 Å². The summed E-state index contributed by atoms with van der Waals surface area (Å²) in [6.07, 6.45) is 3.58. The molecule has 8 nitrogen and oxygen atoms in total. The lowest BCUT2D eigenvalue weighted by molar-refractivity contribution is 0.590. The summed E-state index contributed by atoms with van der Waals surface area (Å²) >= 11 is 3.31. The van der Waals surface area contributed by atoms with Crippen LogP contribution in [-0.2, 0) is 5.41 Å². The van der Waals surface area contributed by atoms with Crippen LogP contribution in [0, 0.1) is 0 Å². The molecule has 0 saturated heterocycles. The molecule has 0 bridgehead atoms. The summed E-state index contributed by atoms with van der Waals surface area (Å²) < 4.78 is 3.77. The summed E-state index contributed by atoms with van der Waals surface area (Å²) in [4.78, 5) is 4.22. The zero-order valence-corrected chi connectivity index (χ0v) is 19.8. The maximum atomic E-state index is 6.37. The summed E-state index contributed by atoms with van der Waals surface area (Å²) in [6, 6.07) is 12.5. The zero-order valence-electron chi connectivity index (χ0n) is 18.1. The third kappa shape index (κ3) is 3.88. The Morgan fingerprint density at radius 1 is 1.03 bits per heavy atom. The predicted molar refractivity (Wildman–Crippen MR) is 128 cm³/mol. The van der Waals surface area contributed by atoms with Crippen LogP contribution in [0.4, 0.5) is 0 Å². The first-order chi connectivity index (χ1) is 15.4. The normalized spacial score (nSPS) is 15.8. The second-order valence-electron chi connectivity index (χ2n) is 8.70. The molecule has 4 heterocycles. The van der Waals surface area contributed by atoms with E-state index in [9.17, 15) is 0 Å². The molecule has 3 aromatic heterocycles. The van der Waals surface area contributed by atoms with Crippen molar-refractivity contribution in [2.24, 2.45) is 0 Å². The van der Waals surface area contributed by atoms with Crippen LogP contribution in [0.2, 0.25) is 0 Å². The highest BCUT2D eigenvalue weighted by Gasteiger charge is 2.29. The van der Waals surface area contributed by atoms with Gasteiger partial charge in [0.05, 0.1) is 6.04 Å². The van der Waals surface area contributed by atoms with E-state index in [0.29, 0.717) is 11.0 Å². The van der Waals surface area contributed by atoms with Crippen molar-refractivity contribution >= 4 is 23.5 Å². The van der Waals surface area contributed by atoms with Gasteiger partial charge in [-0.15, -0.1) is 20.4 Å². The monoisotopic (exact) mass is 464 g/mol. The first-order valence-electron chi connectivity index (χ1n) is 10.3. The van der Waals surface area contributed by atoms with Crippen LogP contribution in [0.5, 0.6) is 0 Å². The van der Waals surface area contributed by atoms with E-state index in [0.717, 1.165) is 33.6 Å². The topological polar surface area (TPSA) is 100 Å². The molecule has 32 heavy (non-hydrogen) atoms. The van der Waals surface area contributed by atoms with Crippen molar-refractivity contribution < 1.29 is 0 Å². The van der Waals surface area contributed by atoms with Gasteiger partial charge in [0.15, 0.2) is 16.8 Å². The molecule has 0 saturated carbocycles. The molecule has 0 radical (unpaired) electrons. The van der Waals surface area contributed by atoms with Crippen LogP contribution in [-0.4, -0.2) is 46.1 Å². The van der Waals surface area contributed by atoms with Crippen molar-refractivity contribution in [3.05, 3.63) is 54.4 Å². The summed E-state index contributed by atoms with van der Waals surface area (Å²) in [5.41, 5.74) is 3.29. The Labute approximate surface area is 195 Å². The second-order valence-corrected chi connectivity index (χ2v) is 10.7. The van der Waals surface area contributed by atoms with Crippen LogP contribution in [0.25, 0.3) is 22.8 Å². The van der Waals surface area contributed by atoms with Crippen LogP contribution in [0.3, 0.4) is 0 Å². The van der Waals surface area contributed by atoms with Gasteiger partial charge in [0.2, 0.25) is 5.16 Å². The third-order valence-corrected chi connectivity index (χ3v) is 7.61. The Balaban J connectivity index is 1.33. The molecular weight excluding hydrogens is 440 g/mol. The van der Waals surface area contributed by atoms with Crippen molar-refractivity contribution in [1.29, 1.82) is 0 Å². The van der Waals surface area contributed by atoms with Crippen LogP contribution in [0.15, 0.2) is 59.1 Å². The van der Waals surface area contributed by atoms with E-state index in [1.54, 1.807) is 34.4 Å². The molecule has 1 aliphatic rings. The number of pyridine rings is 1. The Bertz CT molecular complexity index is 1230. The summed E-state index contributed by atoms with van der Waals surface area (Å²) in [5.74, 6) is 9.60. The van der Waals surface area contributed by atoms with Crippen molar-refractivity contribution in [1.82, 2.24) is 34.6 Å². The number of nitrogen functional groups attached to an aromatic ring is 1. The number of nitrogens with zero attached hydrogens (tertiary/aromatic N) is 7. The number of hydrogen-bond donors (Lipinski definition) is 1. The highest BCUT2D eigenvalue weighted by Crippen LogP contribution is 2.38. The van der Waals surface area contributed by atoms with Gasteiger partial charge >= 0.3 is 0 Å². The maximum absolute atomic E-state index is 6.37. The van der Waals surface area contributed by atoms with E-state index in [4.69, 9.17) is 5.84 Å². The van der Waals surface area contributed by atoms with Gasteiger partial charge in [-0.3, -0.25) is 9.55 Å². The van der Waals surface area contributed by atoms with Crippen molar-refractivity contribution in [3.63, 3.8) is 0 Å². The fourth-order valence-electron chi connectivity index (χ4n) is 3.63. The molecule has 1 aliphatic heterocycles. The lowest BCUT2D eigenvalue weighted by Crippen LogP contribution is -2.15. The van der Waals surface area contributed by atoms with Gasteiger partial charge in [0.1, 0.15) is 0 Å². The van der Waals surface area contributed by atoms with Crippen LogP contribution in [0.1, 0.15) is 32.4 Å². The van der Waals surface area contributed by atoms with Crippen LogP contribution >= 0.6 is 23.5 Å². The van der Waals surface area contributed by atoms with Gasteiger partial charge in [-0.1, -0.05) is 68.6 Å². The standard InChI is InChI=1S/C22H24N8S2/c1-22(2,3)16-8-6-14(7-9-16)19-26-28-21(30(19)23)32-13-17-12-31-20-27-25-18(29(17)20)15-5-4-10-24-11-15/h4-11,17H,12-13,23H2,1-3H3. The number of thioether (sulfide) groups is 2. The lowest BCUT2D eigenvalue weighted by Gasteiger charge is -2.19. The maximum Gasteiger partial charge on any atom is 0.210 e. The van der Waals surface area contributed by atoms with E-state index in [1.165, 1.54) is 5.56 Å². The molecule has 1 aromatic carbocycles. The number of rotatable bonds is 5. The number of fused-ring (bicyclic) bond motifs is 1. The highest BCUT2D eigenvalue weighted by atomic mass is 32.2. The Morgan fingerprint density at radius 3 is 2.53 bits per heavy atom. The molecule has 1 atom stereocenters. The fraction of sp³-hybridized carbons (Fsp3) is 0.318. The summed E-state index contributed by atoms with van der Waals surface area (Å²) in [5, 5.41) is 19.0. The Kier molecular flexibility index (Phi) is 5.42. The first-order valence-corrected chi connectivity index (χ1v) is 12.3. The average molecular weight is 465 g/mol. The molecule has 10 heteroatoms. The molecule has 0 fully saturated rings. The second kappa shape index (κ2) is 8.25. The molecule has 2 N–H and O–H groups in total. The number of nitrogens with two attached hydrogens (primary N) is 1. The van der Waals surface area contributed by atoms with Crippen molar-refractivity contribution in [2.75, 3.05) is 17.3 Å². The van der Waals surface area contributed by atoms with Gasteiger partial charge < -0.3 is 5.84 Å². The molecule has 0 amide bonds. The molecule has 4 aromatic rings. The van der Waals surface area contributed by atoms with Gasteiger partial charge in [-0.25, -0.2) is 4.68 Å². The average Bonchev–Trinajstić information content (AvgIpc) is 3.48. The third-order valence-electron chi connectivity index (χ3n) is 5.43. The molecule has 1 unspecified atom stereocenters. The van der Waals surface area contributed by atoms with Gasteiger partial charge in [0.25, 0.3) is 0 Å². The predicted octanol–water partition coefficient (Wildman–Crippen LogP) is 4.05. The molecule has 0 aliphatic carbocycles. The smallest absolute Gasteiger partial charge is 0.210 e. The largest absolute Gasteiger partial charge is 0.335 e. The minimum Gasteiger partial charge on any atom is -0.335 e. The minimum atomic E-state index is 0.102. The van der Waals surface area contributed by atoms with E-state index < -0.39 is 0 Å². The first kappa shape index (κ1) is 21.0. The zero-order chi connectivity index (χ0) is 22.3. The molecule has 164 valence electrons. The molecule has 0 spiro atoms. The molecular formula is C22H24N8S2. The number of aromatic nitrogens is 7. The van der Waals surface area contributed by atoms with Gasteiger partial charge in [-0.2, -0.15) is 0 Å². The van der Waals surface area contributed by atoms with Gasteiger partial charge in [-0.05, 0) is 23.1 Å². The fourth-order valence-corrected chi connectivity index (χ4v) is 5.79. The SMILES string of the molecule is CC(C)(C)c1ccc(-c2nnc(SCC3CSc4nnc(-c5cccnc5)n43)n2N)cc1. The summed E-state index contributed by atoms with van der Waals surface area (Å²) in [6.45, 7) is 6.60. The van der Waals surface area contributed by atoms with Crippen molar-refractivity contribution in [2.45, 2.75) is 42.5 Å². The Hall–Kier alpha value is -2.85. The minimum absolute atomic E-state index is 0.102. The Morgan fingerprint density at radius 2 is 1.81 bits per heavy atom. The van der Waals surface area contributed by atoms with E-state index >= 15 is 0 Å². The highest BCUT2D eigenvalue weighted by molar-refractivity contribution is 8.00. The molecule has 5 rings (SSSR count). The van der Waals surface area contributed by atoms with Crippen molar-refractivity contribution in [3.8, 4) is 22.8 Å². The summed E-state index contributed by atoms with van der Waals surface area (Å²) in [7, 11) is 0. The van der Waals surface area contributed by atoms with Crippen LogP contribution < -0.4 is 5.84 Å².